The van der Waals surface area contributed by atoms with Crippen LogP contribution in [-0.4, -0.2) is 30.4 Å². The molecule has 1 aromatic rings. The van der Waals surface area contributed by atoms with E-state index in [9.17, 15) is 13.2 Å². The van der Waals surface area contributed by atoms with Crippen molar-refractivity contribution < 1.29 is 13.2 Å². The summed E-state index contributed by atoms with van der Waals surface area (Å²) >= 11 is 0. The van der Waals surface area contributed by atoms with Crippen LogP contribution in [0.3, 0.4) is 0 Å². The predicted molar refractivity (Wildman–Crippen MR) is 98.6 cm³/mol. The number of allylic oxidation sites excluding steroid dienone is 2. The molecule has 138 valence electrons. The minimum atomic E-state index is -3.38. The molecule has 0 saturated heterocycles. The van der Waals surface area contributed by atoms with Crippen LogP contribution in [0.1, 0.15) is 35.7 Å². The van der Waals surface area contributed by atoms with Gasteiger partial charge in [0.2, 0.25) is 0 Å². The lowest BCUT2D eigenvalue weighted by molar-refractivity contribution is 0.100. The predicted octanol–water partition coefficient (Wildman–Crippen LogP) is 1.89. The minimum absolute atomic E-state index is 0.0658. The highest BCUT2D eigenvalue weighted by atomic mass is 32.2. The lowest BCUT2D eigenvalue weighted by Crippen LogP contribution is -2.13. The van der Waals surface area contributed by atoms with Crippen LogP contribution in [0.4, 0.5) is 5.82 Å². The number of nitrogens with one attached hydrogen (secondary N) is 1. The maximum Gasteiger partial charge on any atom is 0.254 e. The molecule has 0 aromatic carbocycles. The quantitative estimate of drug-likeness (QED) is 0.634. The molecule has 26 heavy (non-hydrogen) atoms. The van der Waals surface area contributed by atoms with Crippen molar-refractivity contribution in [1.82, 2.24) is 9.78 Å². The number of primary amides is 1. The standard InChI is InChI=1S/C17H21N5O3S/c1-11(4-5-12(2)26(3,24)25)20-17-14(16(19)23)10-22(21-17)15(8-9-18)13-6-7-13/h4-5,10,13,15H,1-2,6-8H2,3H3,(H2,19,23)(H,20,21)/b5-4-/t15-/m1/s1. The summed E-state index contributed by atoms with van der Waals surface area (Å²) in [6.45, 7) is 7.21. The molecule has 2 rings (SSSR count). The highest BCUT2D eigenvalue weighted by molar-refractivity contribution is 7.94. The lowest BCUT2D eigenvalue weighted by Gasteiger charge is -2.12. The Bertz CT molecular complexity index is 917. The van der Waals surface area contributed by atoms with Crippen molar-refractivity contribution in [3.8, 4) is 6.07 Å². The lowest BCUT2D eigenvalue weighted by atomic mass is 10.1. The van der Waals surface area contributed by atoms with Crippen LogP contribution < -0.4 is 11.1 Å². The van der Waals surface area contributed by atoms with E-state index < -0.39 is 15.7 Å². The molecule has 0 unspecified atom stereocenters. The first-order valence-electron chi connectivity index (χ1n) is 7.92. The Morgan fingerprint density at radius 1 is 1.54 bits per heavy atom. The van der Waals surface area contributed by atoms with Gasteiger partial charge in [0.15, 0.2) is 15.7 Å². The van der Waals surface area contributed by atoms with Gasteiger partial charge in [0, 0.05) is 18.1 Å². The van der Waals surface area contributed by atoms with Crippen molar-refractivity contribution >= 4 is 21.6 Å². The highest BCUT2D eigenvalue weighted by Crippen LogP contribution is 2.41. The summed E-state index contributed by atoms with van der Waals surface area (Å²) in [5.74, 6) is -0.0902. The van der Waals surface area contributed by atoms with E-state index in [-0.39, 0.29) is 22.3 Å². The number of carbonyl (C=O) groups excluding carboxylic acids is 1. The molecule has 1 atom stereocenters. The summed E-state index contributed by atoms with van der Waals surface area (Å²) in [7, 11) is -3.38. The zero-order chi connectivity index (χ0) is 19.5. The third-order valence-corrected chi connectivity index (χ3v) is 5.12. The number of hydrogen-bond donors (Lipinski definition) is 2. The smallest absolute Gasteiger partial charge is 0.254 e. The van der Waals surface area contributed by atoms with Crippen LogP contribution in [0.15, 0.2) is 42.1 Å². The molecule has 0 radical (unpaired) electrons. The van der Waals surface area contributed by atoms with Gasteiger partial charge in [-0.2, -0.15) is 10.4 Å². The second kappa shape index (κ2) is 7.58. The number of aromatic nitrogens is 2. The number of amides is 1. The molecule has 1 aliphatic rings. The van der Waals surface area contributed by atoms with Gasteiger partial charge in [-0.05, 0) is 30.9 Å². The molecule has 1 saturated carbocycles. The summed E-state index contributed by atoms with van der Waals surface area (Å²) in [5, 5.41) is 16.2. The average Bonchev–Trinajstić information content (AvgIpc) is 3.29. The molecule has 0 aliphatic heterocycles. The number of carbonyl (C=O) groups is 1. The Hall–Kier alpha value is -2.86. The molecule has 1 fully saturated rings. The van der Waals surface area contributed by atoms with Crippen LogP contribution in [0.5, 0.6) is 0 Å². The summed E-state index contributed by atoms with van der Waals surface area (Å²) in [6, 6.07) is 2.03. The fourth-order valence-corrected chi connectivity index (χ4v) is 2.71. The van der Waals surface area contributed by atoms with E-state index in [4.69, 9.17) is 11.0 Å². The van der Waals surface area contributed by atoms with Crippen LogP contribution in [0, 0.1) is 17.2 Å². The molecule has 8 nitrogen and oxygen atoms in total. The van der Waals surface area contributed by atoms with E-state index in [1.165, 1.54) is 18.3 Å². The number of hydrogen-bond acceptors (Lipinski definition) is 6. The first-order chi connectivity index (χ1) is 12.1. The average molecular weight is 375 g/mol. The third kappa shape index (κ3) is 4.83. The highest BCUT2D eigenvalue weighted by Gasteiger charge is 2.33. The largest absolute Gasteiger partial charge is 0.365 e. The van der Waals surface area contributed by atoms with E-state index in [1.807, 2.05) is 0 Å². The van der Waals surface area contributed by atoms with E-state index in [0.717, 1.165) is 19.1 Å². The van der Waals surface area contributed by atoms with Gasteiger partial charge in [-0.3, -0.25) is 9.48 Å². The number of nitrogens with zero attached hydrogens (tertiary/aromatic N) is 3. The maximum atomic E-state index is 11.7. The summed E-state index contributed by atoms with van der Waals surface area (Å²) in [5.41, 5.74) is 5.89. The summed E-state index contributed by atoms with van der Waals surface area (Å²) < 4.78 is 24.3. The van der Waals surface area contributed by atoms with E-state index in [0.29, 0.717) is 18.0 Å². The molecule has 0 spiro atoms. The molecule has 1 aromatic heterocycles. The van der Waals surface area contributed by atoms with Crippen molar-refractivity contribution in [1.29, 1.82) is 5.26 Å². The summed E-state index contributed by atoms with van der Waals surface area (Å²) in [4.78, 5) is 11.6. The monoisotopic (exact) mass is 375 g/mol. The molecule has 1 amide bonds. The molecule has 1 aliphatic carbocycles. The SMILES string of the molecule is C=C(/C=C\C(=C)S(C)(=O)=O)Nc1nn([C@H](CC#N)C2CC2)cc1C(N)=O. The van der Waals surface area contributed by atoms with Gasteiger partial charge in [0.1, 0.15) is 5.56 Å². The number of rotatable bonds is 9. The first kappa shape index (κ1) is 19.5. The molecular formula is C17H21N5O3S. The zero-order valence-electron chi connectivity index (χ0n) is 14.5. The number of anilines is 1. The maximum absolute atomic E-state index is 11.7. The van der Waals surface area contributed by atoms with Crippen molar-refractivity contribution in [3.63, 3.8) is 0 Å². The topological polar surface area (TPSA) is 131 Å². The van der Waals surface area contributed by atoms with E-state index in [1.54, 1.807) is 4.68 Å². The van der Waals surface area contributed by atoms with Gasteiger partial charge in [-0.1, -0.05) is 13.2 Å². The fourth-order valence-electron chi connectivity index (χ4n) is 2.40. The Balaban J connectivity index is 2.21. The Kier molecular flexibility index (Phi) is 5.67. The first-order valence-corrected chi connectivity index (χ1v) is 9.81. The fraction of sp³-hybridized carbons (Fsp3) is 0.353. The normalized spacial score (nSPS) is 15.4. The molecule has 0 bridgehead atoms. The Labute approximate surface area is 152 Å². The Morgan fingerprint density at radius 3 is 2.69 bits per heavy atom. The molecule has 9 heteroatoms. The van der Waals surface area contributed by atoms with E-state index in [2.05, 4.69) is 29.6 Å². The minimum Gasteiger partial charge on any atom is -0.365 e. The van der Waals surface area contributed by atoms with Gasteiger partial charge < -0.3 is 11.1 Å². The van der Waals surface area contributed by atoms with Crippen LogP contribution in [0.25, 0.3) is 0 Å². The number of nitrogens with two attached hydrogens (primary N) is 1. The second-order valence-electron chi connectivity index (χ2n) is 6.22. The number of sulfone groups is 1. The third-order valence-electron chi connectivity index (χ3n) is 4.03. The molecular weight excluding hydrogens is 354 g/mol. The second-order valence-corrected chi connectivity index (χ2v) is 8.29. The molecule has 3 N–H and O–H groups in total. The van der Waals surface area contributed by atoms with Crippen LogP contribution in [0.2, 0.25) is 0 Å². The molecule has 1 heterocycles. The van der Waals surface area contributed by atoms with Crippen LogP contribution in [-0.2, 0) is 9.84 Å². The van der Waals surface area contributed by atoms with Crippen molar-refractivity contribution in [2.45, 2.75) is 25.3 Å². The van der Waals surface area contributed by atoms with Gasteiger partial charge in [0.05, 0.1) is 23.4 Å². The van der Waals surface area contributed by atoms with Gasteiger partial charge in [-0.15, -0.1) is 0 Å². The van der Waals surface area contributed by atoms with Crippen molar-refractivity contribution in [2.24, 2.45) is 11.7 Å². The van der Waals surface area contributed by atoms with Gasteiger partial charge >= 0.3 is 0 Å². The summed E-state index contributed by atoms with van der Waals surface area (Å²) in [6.07, 6.45) is 7.62. The van der Waals surface area contributed by atoms with Crippen molar-refractivity contribution in [2.75, 3.05) is 11.6 Å². The Morgan fingerprint density at radius 2 is 2.19 bits per heavy atom. The van der Waals surface area contributed by atoms with E-state index >= 15 is 0 Å². The van der Waals surface area contributed by atoms with Gasteiger partial charge in [0.25, 0.3) is 5.91 Å². The van der Waals surface area contributed by atoms with Crippen molar-refractivity contribution in [3.05, 3.63) is 47.7 Å². The zero-order valence-corrected chi connectivity index (χ0v) is 15.3. The van der Waals surface area contributed by atoms with Crippen LogP contribution >= 0.6 is 0 Å². The van der Waals surface area contributed by atoms with Gasteiger partial charge in [-0.25, -0.2) is 8.42 Å². The number of nitriles is 1.